The standard InChI is InChI=1S/C20H24N4O3S.2C2HF3O2/c25-20(23-11-15-3-1-6-21-9-15)17-5-8-28(26,27)19-14-24(13-18(17)19)12-16-4-2-7-22-10-16;2*3-2(4,5)1(6)7/h1-4,6-7,9-10,17-19H,5,8,11-14H2,(H,23,25);2*(H,6,7)/t17-,18-,19-;;/m1../s1. The first-order chi connectivity index (χ1) is 19.4. The van der Waals surface area contributed by atoms with E-state index < -0.39 is 39.4 Å². The molecule has 3 N–H and O–H groups in total. The third kappa shape index (κ3) is 10.6. The second-order valence-corrected chi connectivity index (χ2v) is 11.5. The van der Waals surface area contributed by atoms with Gasteiger partial charge in [-0.2, -0.15) is 26.3 Å². The molecule has 0 radical (unpaired) electrons. The summed E-state index contributed by atoms with van der Waals surface area (Å²) in [6.45, 7) is 2.16. The summed E-state index contributed by atoms with van der Waals surface area (Å²) in [7, 11) is -3.17. The summed E-state index contributed by atoms with van der Waals surface area (Å²) in [5.74, 6) is -5.93. The van der Waals surface area contributed by atoms with Crippen LogP contribution in [0.25, 0.3) is 0 Å². The Balaban J connectivity index is 0.000000367. The molecule has 4 heterocycles. The first-order valence-electron chi connectivity index (χ1n) is 12.0. The molecule has 0 aromatic carbocycles. The fourth-order valence-electron chi connectivity index (χ4n) is 4.33. The maximum absolute atomic E-state index is 12.8. The summed E-state index contributed by atoms with van der Waals surface area (Å²) in [4.78, 5) is 40.9. The van der Waals surface area contributed by atoms with E-state index in [2.05, 4.69) is 20.2 Å². The SMILES string of the molecule is O=C(NCc1cccnc1)[C@@H]1CCS(=O)(=O)[C@@H]2CN(Cc3cccnc3)C[C@@H]21.O=C(O)C(F)(F)F.O=C(O)C(F)(F)F. The molecule has 0 saturated carbocycles. The number of pyridine rings is 2. The molecule has 0 bridgehead atoms. The number of fused-ring (bicyclic) bond motifs is 1. The summed E-state index contributed by atoms with van der Waals surface area (Å²) in [6, 6.07) is 7.61. The molecule has 11 nitrogen and oxygen atoms in total. The normalized spacial score (nSPS) is 21.4. The second kappa shape index (κ2) is 14.4. The summed E-state index contributed by atoms with van der Waals surface area (Å²) >= 11 is 0. The smallest absolute Gasteiger partial charge is 0.475 e. The van der Waals surface area contributed by atoms with Gasteiger partial charge in [-0.05, 0) is 29.7 Å². The lowest BCUT2D eigenvalue weighted by molar-refractivity contribution is -0.193. The quantitative estimate of drug-likeness (QED) is 0.418. The highest BCUT2D eigenvalue weighted by molar-refractivity contribution is 7.92. The minimum Gasteiger partial charge on any atom is -0.475 e. The highest BCUT2D eigenvalue weighted by Crippen LogP contribution is 2.37. The average Bonchev–Trinajstić information content (AvgIpc) is 3.33. The third-order valence-corrected chi connectivity index (χ3v) is 8.44. The molecule has 4 rings (SSSR count). The van der Waals surface area contributed by atoms with Gasteiger partial charge in [0, 0.05) is 62.8 Å². The summed E-state index contributed by atoms with van der Waals surface area (Å²) in [5.41, 5.74) is 1.98. The molecule has 232 valence electrons. The van der Waals surface area contributed by atoms with Gasteiger partial charge in [0.1, 0.15) is 0 Å². The van der Waals surface area contributed by atoms with Crippen LogP contribution in [0.3, 0.4) is 0 Å². The number of hydrogen-bond donors (Lipinski definition) is 3. The van der Waals surface area contributed by atoms with Crippen molar-refractivity contribution >= 4 is 27.7 Å². The van der Waals surface area contributed by atoms with Gasteiger partial charge in [-0.25, -0.2) is 18.0 Å². The number of alkyl halides is 6. The fraction of sp³-hybridized carbons (Fsp3) is 0.458. The van der Waals surface area contributed by atoms with Gasteiger partial charge in [0.05, 0.1) is 11.0 Å². The van der Waals surface area contributed by atoms with Crippen molar-refractivity contribution in [3.05, 3.63) is 60.2 Å². The number of nitrogens with one attached hydrogen (secondary N) is 1. The number of sulfone groups is 1. The lowest BCUT2D eigenvalue weighted by Gasteiger charge is -2.31. The van der Waals surface area contributed by atoms with Crippen molar-refractivity contribution in [1.82, 2.24) is 20.2 Å². The number of halogens is 6. The number of carboxylic acids is 2. The van der Waals surface area contributed by atoms with Crippen LogP contribution in [0.4, 0.5) is 26.3 Å². The van der Waals surface area contributed by atoms with Crippen molar-refractivity contribution in [2.45, 2.75) is 37.1 Å². The zero-order valence-electron chi connectivity index (χ0n) is 21.5. The molecule has 1 amide bonds. The highest BCUT2D eigenvalue weighted by Gasteiger charge is 2.50. The fourth-order valence-corrected chi connectivity index (χ4v) is 6.46. The molecule has 2 aliphatic rings. The monoisotopic (exact) mass is 628 g/mol. The van der Waals surface area contributed by atoms with Gasteiger partial charge < -0.3 is 15.5 Å². The van der Waals surface area contributed by atoms with E-state index in [1.807, 2.05) is 24.3 Å². The summed E-state index contributed by atoms with van der Waals surface area (Å²) < 4.78 is 88.7. The number of amides is 1. The Kier molecular flexibility index (Phi) is 11.8. The molecular formula is C24H26F6N4O7S. The van der Waals surface area contributed by atoms with Crippen LogP contribution in [0.5, 0.6) is 0 Å². The third-order valence-electron chi connectivity index (χ3n) is 6.22. The topological polar surface area (TPSA) is 167 Å². The van der Waals surface area contributed by atoms with Gasteiger partial charge in [0.25, 0.3) is 0 Å². The van der Waals surface area contributed by atoms with Gasteiger partial charge in [0.15, 0.2) is 9.84 Å². The van der Waals surface area contributed by atoms with E-state index in [4.69, 9.17) is 19.8 Å². The summed E-state index contributed by atoms with van der Waals surface area (Å²) in [5, 5.41) is 16.8. The Morgan fingerprint density at radius 1 is 0.905 bits per heavy atom. The van der Waals surface area contributed by atoms with Crippen molar-refractivity contribution < 1.29 is 59.4 Å². The van der Waals surface area contributed by atoms with E-state index in [-0.39, 0.29) is 23.5 Å². The van der Waals surface area contributed by atoms with Crippen LogP contribution in [-0.4, -0.2) is 87.8 Å². The minimum absolute atomic E-state index is 0.0584. The number of carbonyl (C=O) groups excluding carboxylic acids is 1. The van der Waals surface area contributed by atoms with Crippen molar-refractivity contribution in [3.8, 4) is 0 Å². The van der Waals surface area contributed by atoms with Crippen molar-refractivity contribution in [3.63, 3.8) is 0 Å². The number of nitrogens with zero attached hydrogens (tertiary/aromatic N) is 3. The Hall–Kier alpha value is -3.80. The van der Waals surface area contributed by atoms with Crippen molar-refractivity contribution in [1.29, 1.82) is 0 Å². The zero-order chi connectivity index (χ0) is 31.7. The molecule has 0 unspecified atom stereocenters. The van der Waals surface area contributed by atoms with Gasteiger partial charge in [-0.3, -0.25) is 19.7 Å². The molecule has 3 atom stereocenters. The molecule has 42 heavy (non-hydrogen) atoms. The number of aromatic nitrogens is 2. The maximum atomic E-state index is 12.8. The Bertz CT molecular complexity index is 1290. The van der Waals surface area contributed by atoms with Gasteiger partial charge in [-0.15, -0.1) is 0 Å². The van der Waals surface area contributed by atoms with Crippen LogP contribution in [0.1, 0.15) is 17.5 Å². The number of carboxylic acid groups (broad SMARTS) is 2. The number of likely N-dealkylation sites (tertiary alicyclic amines) is 1. The van der Waals surface area contributed by atoms with Crippen LogP contribution < -0.4 is 5.32 Å². The number of hydrogen-bond acceptors (Lipinski definition) is 8. The zero-order valence-corrected chi connectivity index (χ0v) is 22.4. The second-order valence-electron chi connectivity index (χ2n) is 9.20. The number of rotatable bonds is 5. The van der Waals surface area contributed by atoms with Crippen LogP contribution in [0, 0.1) is 11.8 Å². The number of aliphatic carboxylic acids is 2. The largest absolute Gasteiger partial charge is 0.490 e. The van der Waals surface area contributed by atoms with Gasteiger partial charge >= 0.3 is 24.3 Å². The van der Waals surface area contributed by atoms with E-state index in [1.165, 1.54) is 0 Å². The Morgan fingerprint density at radius 2 is 1.40 bits per heavy atom. The first kappa shape index (κ1) is 34.4. The Labute approximate surface area is 235 Å². The van der Waals surface area contributed by atoms with Crippen molar-refractivity contribution in [2.24, 2.45) is 11.8 Å². The number of carbonyl (C=O) groups is 3. The summed E-state index contributed by atoms with van der Waals surface area (Å²) in [6.07, 6.45) is -2.84. The molecule has 0 spiro atoms. The van der Waals surface area contributed by atoms with Gasteiger partial charge in [-0.1, -0.05) is 12.1 Å². The molecule has 2 fully saturated rings. The molecular weight excluding hydrogens is 602 g/mol. The highest BCUT2D eigenvalue weighted by atomic mass is 32.2. The van der Waals surface area contributed by atoms with Crippen LogP contribution in [-0.2, 0) is 37.3 Å². The van der Waals surface area contributed by atoms with E-state index in [1.54, 1.807) is 24.8 Å². The minimum atomic E-state index is -5.08. The molecule has 0 aliphatic carbocycles. The van der Waals surface area contributed by atoms with E-state index in [0.717, 1.165) is 11.1 Å². The molecule has 2 saturated heterocycles. The lowest BCUT2D eigenvalue weighted by atomic mass is 9.87. The predicted molar refractivity (Wildman–Crippen MR) is 132 cm³/mol. The molecule has 2 aliphatic heterocycles. The van der Waals surface area contributed by atoms with E-state index in [9.17, 15) is 39.6 Å². The molecule has 2 aromatic rings. The lowest BCUT2D eigenvalue weighted by Crippen LogP contribution is -2.47. The first-order valence-corrected chi connectivity index (χ1v) is 13.7. The van der Waals surface area contributed by atoms with Crippen LogP contribution in [0.15, 0.2) is 49.1 Å². The average molecular weight is 629 g/mol. The van der Waals surface area contributed by atoms with Gasteiger partial charge in [0.2, 0.25) is 5.91 Å². The van der Waals surface area contributed by atoms with Crippen LogP contribution >= 0.6 is 0 Å². The van der Waals surface area contributed by atoms with Crippen molar-refractivity contribution in [2.75, 3.05) is 18.8 Å². The molecule has 18 heteroatoms. The molecule has 2 aromatic heterocycles. The van der Waals surface area contributed by atoms with Crippen LogP contribution in [0.2, 0.25) is 0 Å². The Morgan fingerprint density at radius 3 is 1.86 bits per heavy atom. The predicted octanol–water partition coefficient (Wildman–Crippen LogP) is 2.29. The van der Waals surface area contributed by atoms with E-state index in [0.29, 0.717) is 32.6 Å². The maximum Gasteiger partial charge on any atom is 0.490 e. The van der Waals surface area contributed by atoms with E-state index >= 15 is 0 Å².